The quantitative estimate of drug-likeness (QED) is 0.857. The number of nitrogens with one attached hydrogen (secondary N) is 1. The molecular formula is C14H22N2O2S. The Bertz CT molecular complexity index is 439. The van der Waals surface area contributed by atoms with E-state index in [0.717, 1.165) is 16.7 Å². The van der Waals surface area contributed by atoms with Gasteiger partial charge in [0, 0.05) is 6.04 Å². The van der Waals surface area contributed by atoms with Crippen molar-refractivity contribution in [3.8, 4) is 0 Å². The van der Waals surface area contributed by atoms with E-state index in [1.54, 1.807) is 0 Å². The lowest BCUT2D eigenvalue weighted by atomic mass is 9.85. The van der Waals surface area contributed by atoms with E-state index in [1.165, 1.54) is 50.6 Å². The minimum atomic E-state index is -0.298. The summed E-state index contributed by atoms with van der Waals surface area (Å²) in [5.41, 5.74) is 0.746. The average molecular weight is 282 g/mol. The van der Waals surface area contributed by atoms with Crippen LogP contribution < -0.4 is 5.32 Å². The summed E-state index contributed by atoms with van der Waals surface area (Å²) in [6.07, 6.45) is 6.62. The molecule has 1 N–H and O–H groups in total. The SMILES string of the molecule is COC(=O)c1sc(NC(C)C2CCCCC2)nc1C. The molecule has 0 spiro atoms. The summed E-state index contributed by atoms with van der Waals surface area (Å²) in [6.45, 7) is 4.06. The van der Waals surface area contributed by atoms with Crippen LogP contribution in [0.1, 0.15) is 54.4 Å². The number of ether oxygens (including phenoxy) is 1. The van der Waals surface area contributed by atoms with Crippen LogP contribution in [0.4, 0.5) is 5.13 Å². The maximum absolute atomic E-state index is 11.6. The number of nitrogens with zero attached hydrogens (tertiary/aromatic N) is 1. The molecule has 1 aliphatic rings. The van der Waals surface area contributed by atoms with Gasteiger partial charge in [-0.2, -0.15) is 0 Å². The Balaban J connectivity index is 2.00. The number of hydrogen-bond acceptors (Lipinski definition) is 5. The minimum absolute atomic E-state index is 0.298. The summed E-state index contributed by atoms with van der Waals surface area (Å²) in [4.78, 5) is 16.6. The van der Waals surface area contributed by atoms with Crippen LogP contribution in [-0.2, 0) is 4.74 Å². The second kappa shape index (κ2) is 6.37. The summed E-state index contributed by atoms with van der Waals surface area (Å²) in [5.74, 6) is 0.424. The van der Waals surface area contributed by atoms with Gasteiger partial charge in [0.15, 0.2) is 5.13 Å². The number of carbonyl (C=O) groups is 1. The molecule has 0 aromatic carbocycles. The molecule has 0 aliphatic heterocycles. The standard InChI is InChI=1S/C14H22N2O2S/c1-9(11-7-5-4-6-8-11)15-14-16-10(2)12(19-14)13(17)18-3/h9,11H,4-8H2,1-3H3,(H,15,16). The molecule has 1 heterocycles. The van der Waals surface area contributed by atoms with Gasteiger partial charge in [-0.05, 0) is 32.6 Å². The first-order chi connectivity index (χ1) is 9.11. The van der Waals surface area contributed by atoms with E-state index in [1.807, 2.05) is 6.92 Å². The molecule has 1 fully saturated rings. The van der Waals surface area contributed by atoms with Crippen LogP contribution in [0.15, 0.2) is 0 Å². The highest BCUT2D eigenvalue weighted by Crippen LogP contribution is 2.30. The fourth-order valence-corrected chi connectivity index (χ4v) is 3.67. The fourth-order valence-electron chi connectivity index (χ4n) is 2.69. The minimum Gasteiger partial charge on any atom is -0.465 e. The van der Waals surface area contributed by atoms with Gasteiger partial charge in [0.2, 0.25) is 0 Å². The number of carbonyl (C=O) groups excluding carboxylic acids is 1. The lowest BCUT2D eigenvalue weighted by Gasteiger charge is -2.28. The first-order valence-electron chi connectivity index (χ1n) is 6.94. The highest BCUT2D eigenvalue weighted by Gasteiger charge is 2.22. The van der Waals surface area contributed by atoms with Gasteiger partial charge in [-0.25, -0.2) is 9.78 Å². The zero-order valence-electron chi connectivity index (χ0n) is 11.9. The van der Waals surface area contributed by atoms with Crippen LogP contribution in [0.3, 0.4) is 0 Å². The average Bonchev–Trinajstić information content (AvgIpc) is 2.79. The number of esters is 1. The summed E-state index contributed by atoms with van der Waals surface area (Å²) in [5, 5.41) is 4.28. The van der Waals surface area contributed by atoms with Crippen molar-refractivity contribution < 1.29 is 9.53 Å². The lowest BCUT2D eigenvalue weighted by molar-refractivity contribution is 0.0605. The van der Waals surface area contributed by atoms with Crippen molar-refractivity contribution in [2.45, 2.75) is 52.0 Å². The van der Waals surface area contributed by atoms with Crippen molar-refractivity contribution in [3.05, 3.63) is 10.6 Å². The van der Waals surface area contributed by atoms with E-state index in [4.69, 9.17) is 4.74 Å². The maximum Gasteiger partial charge on any atom is 0.350 e. The van der Waals surface area contributed by atoms with Crippen molar-refractivity contribution in [1.29, 1.82) is 0 Å². The third-order valence-electron chi connectivity index (χ3n) is 3.88. The molecule has 1 aliphatic carbocycles. The third-order valence-corrected chi connectivity index (χ3v) is 4.94. The van der Waals surface area contributed by atoms with E-state index in [2.05, 4.69) is 17.2 Å². The molecule has 5 heteroatoms. The molecule has 0 bridgehead atoms. The Hall–Kier alpha value is -1.10. The molecule has 0 saturated heterocycles. The van der Waals surface area contributed by atoms with E-state index >= 15 is 0 Å². The van der Waals surface area contributed by atoms with Crippen LogP contribution in [0.2, 0.25) is 0 Å². The predicted octanol–water partition coefficient (Wildman–Crippen LogP) is 3.62. The Morgan fingerprint density at radius 1 is 1.42 bits per heavy atom. The number of hydrogen-bond donors (Lipinski definition) is 1. The van der Waals surface area contributed by atoms with Crippen molar-refractivity contribution >= 4 is 22.4 Å². The van der Waals surface area contributed by atoms with E-state index in [0.29, 0.717) is 10.9 Å². The summed E-state index contributed by atoms with van der Waals surface area (Å²) in [7, 11) is 1.40. The van der Waals surface area contributed by atoms with Crippen LogP contribution >= 0.6 is 11.3 Å². The Morgan fingerprint density at radius 3 is 2.74 bits per heavy atom. The van der Waals surface area contributed by atoms with Gasteiger partial charge in [-0.3, -0.25) is 0 Å². The van der Waals surface area contributed by atoms with Crippen LogP contribution in [0, 0.1) is 12.8 Å². The molecule has 4 nitrogen and oxygen atoms in total. The third kappa shape index (κ3) is 3.47. The first-order valence-corrected chi connectivity index (χ1v) is 7.75. The van der Waals surface area contributed by atoms with Gasteiger partial charge in [0.05, 0.1) is 12.8 Å². The van der Waals surface area contributed by atoms with Crippen molar-refractivity contribution in [3.63, 3.8) is 0 Å². The predicted molar refractivity (Wildman–Crippen MR) is 77.9 cm³/mol. The fraction of sp³-hybridized carbons (Fsp3) is 0.714. The zero-order valence-corrected chi connectivity index (χ0v) is 12.7. The van der Waals surface area contributed by atoms with Gasteiger partial charge >= 0.3 is 5.97 Å². The number of rotatable bonds is 4. The molecule has 1 saturated carbocycles. The van der Waals surface area contributed by atoms with Gasteiger partial charge < -0.3 is 10.1 Å². The number of methoxy groups -OCH3 is 1. The van der Waals surface area contributed by atoms with Gasteiger partial charge in [0.1, 0.15) is 4.88 Å². The van der Waals surface area contributed by atoms with Crippen molar-refractivity contribution in [1.82, 2.24) is 4.98 Å². The monoisotopic (exact) mass is 282 g/mol. The topological polar surface area (TPSA) is 51.2 Å². The van der Waals surface area contributed by atoms with Crippen LogP contribution in [0.5, 0.6) is 0 Å². The molecule has 1 atom stereocenters. The number of aromatic nitrogens is 1. The van der Waals surface area contributed by atoms with Crippen LogP contribution in [0.25, 0.3) is 0 Å². The summed E-state index contributed by atoms with van der Waals surface area (Å²) >= 11 is 1.39. The summed E-state index contributed by atoms with van der Waals surface area (Å²) < 4.78 is 4.76. The molecule has 1 aromatic heterocycles. The number of anilines is 1. The second-order valence-corrected chi connectivity index (χ2v) is 6.26. The largest absolute Gasteiger partial charge is 0.465 e. The normalized spacial score (nSPS) is 18.1. The van der Waals surface area contributed by atoms with Crippen molar-refractivity contribution in [2.75, 3.05) is 12.4 Å². The molecule has 1 aromatic rings. The smallest absolute Gasteiger partial charge is 0.350 e. The van der Waals surface area contributed by atoms with Gasteiger partial charge in [0.25, 0.3) is 0 Å². The molecule has 0 radical (unpaired) electrons. The Labute approximate surface area is 118 Å². The Kier molecular flexibility index (Phi) is 4.80. The highest BCUT2D eigenvalue weighted by atomic mass is 32.1. The maximum atomic E-state index is 11.6. The number of thiazole rings is 1. The molecule has 19 heavy (non-hydrogen) atoms. The molecule has 0 amide bonds. The van der Waals surface area contributed by atoms with Crippen molar-refractivity contribution in [2.24, 2.45) is 5.92 Å². The number of aryl methyl sites for hydroxylation is 1. The molecule has 2 rings (SSSR count). The molecule has 1 unspecified atom stereocenters. The lowest BCUT2D eigenvalue weighted by Crippen LogP contribution is -2.27. The van der Waals surface area contributed by atoms with Crippen LogP contribution in [-0.4, -0.2) is 24.1 Å². The second-order valence-electron chi connectivity index (χ2n) is 5.26. The van der Waals surface area contributed by atoms with E-state index in [9.17, 15) is 4.79 Å². The van der Waals surface area contributed by atoms with Gasteiger partial charge in [-0.15, -0.1) is 0 Å². The van der Waals surface area contributed by atoms with E-state index in [-0.39, 0.29) is 5.97 Å². The van der Waals surface area contributed by atoms with E-state index < -0.39 is 0 Å². The molecule has 106 valence electrons. The zero-order chi connectivity index (χ0) is 13.8. The molecular weight excluding hydrogens is 260 g/mol. The van der Waals surface area contributed by atoms with Gasteiger partial charge in [-0.1, -0.05) is 30.6 Å². The first kappa shape index (κ1) is 14.3. The highest BCUT2D eigenvalue weighted by molar-refractivity contribution is 7.17. The summed E-state index contributed by atoms with van der Waals surface area (Å²) in [6, 6.07) is 0.413. The Morgan fingerprint density at radius 2 is 2.11 bits per heavy atom.